The number of phosphoric acid groups is 1. The Hall–Kier alpha value is -2.55. The molecular formula is C53H94NO8P. The van der Waals surface area contributed by atoms with E-state index in [1.807, 2.05) is 21.1 Å². The maximum Gasteiger partial charge on any atom is 0.306 e. The van der Waals surface area contributed by atoms with Crippen LogP contribution in [-0.2, 0) is 32.7 Å². The molecule has 9 nitrogen and oxygen atoms in total. The summed E-state index contributed by atoms with van der Waals surface area (Å²) in [6, 6.07) is 0. The number of allylic oxidation sites excluding steroid dienone is 12. The summed E-state index contributed by atoms with van der Waals surface area (Å²) in [4.78, 5) is 37.6. The van der Waals surface area contributed by atoms with E-state index in [9.17, 15) is 19.0 Å². The molecule has 0 aliphatic carbocycles. The molecule has 0 radical (unpaired) electrons. The van der Waals surface area contributed by atoms with E-state index in [-0.39, 0.29) is 32.0 Å². The quantitative estimate of drug-likeness (QED) is 0.0195. The standard InChI is InChI=1S/C53H94NO8P/c1-6-8-10-12-14-16-18-20-21-22-23-24-25-26-27-28-29-30-31-32-33-34-36-38-40-42-44-46-53(56)62-51(50-61-63(57,58)60-48-47-54(3,4)5)49-59-52(55)45-43-41-39-37-35-19-17-15-13-11-9-7-2/h8,10,14,16,20-21,23-24,26-27,29-30,51H,6-7,9,11-13,15,17-19,22,25,28,31-50H2,1-5H3/b10-8-,16-14-,21-20-,24-23-,27-26-,30-29-. The second-order valence-corrected chi connectivity index (χ2v) is 19.2. The number of ether oxygens (including phenoxy) is 2. The Kier molecular flexibility index (Phi) is 42.8. The minimum atomic E-state index is -4.63. The second-order valence-electron chi connectivity index (χ2n) is 17.8. The topological polar surface area (TPSA) is 111 Å². The van der Waals surface area contributed by atoms with Crippen molar-refractivity contribution in [1.29, 1.82) is 0 Å². The van der Waals surface area contributed by atoms with Crippen LogP contribution in [0.2, 0.25) is 0 Å². The van der Waals surface area contributed by atoms with Crippen molar-refractivity contribution in [3.05, 3.63) is 72.9 Å². The van der Waals surface area contributed by atoms with Crippen LogP contribution in [0.4, 0.5) is 0 Å². The first kappa shape index (κ1) is 60.5. The highest BCUT2D eigenvalue weighted by Crippen LogP contribution is 2.38. The molecule has 0 amide bonds. The van der Waals surface area contributed by atoms with Gasteiger partial charge in [0.2, 0.25) is 0 Å². The summed E-state index contributed by atoms with van der Waals surface area (Å²) in [7, 11) is 1.15. The van der Waals surface area contributed by atoms with Gasteiger partial charge in [0.1, 0.15) is 19.8 Å². The van der Waals surface area contributed by atoms with Gasteiger partial charge in [-0.3, -0.25) is 14.2 Å². The highest BCUT2D eigenvalue weighted by Gasteiger charge is 2.21. The van der Waals surface area contributed by atoms with E-state index < -0.39 is 26.5 Å². The lowest BCUT2D eigenvalue weighted by molar-refractivity contribution is -0.870. The van der Waals surface area contributed by atoms with Gasteiger partial charge < -0.3 is 27.9 Å². The van der Waals surface area contributed by atoms with Gasteiger partial charge in [-0.1, -0.05) is 196 Å². The Bertz CT molecular complexity index is 1300. The SMILES string of the molecule is CC/C=C\C/C=C\C/C=C\C/C=C\C/C=C\C/C=C\CCCCCCCCCCC(=O)OC(COC(=O)CCCCCCCCCCCCCC)COP(=O)([O-])OCC[N+](C)(C)C. The van der Waals surface area contributed by atoms with Crippen LogP contribution in [0.5, 0.6) is 0 Å². The number of esters is 2. The van der Waals surface area contributed by atoms with Gasteiger partial charge >= 0.3 is 11.9 Å². The number of carbonyl (C=O) groups is 2. The van der Waals surface area contributed by atoms with E-state index in [1.165, 1.54) is 83.5 Å². The van der Waals surface area contributed by atoms with Gasteiger partial charge in [0.05, 0.1) is 27.7 Å². The second kappa shape index (κ2) is 44.6. The van der Waals surface area contributed by atoms with E-state index in [0.717, 1.165) is 83.5 Å². The van der Waals surface area contributed by atoms with Crippen LogP contribution in [0.1, 0.15) is 200 Å². The molecule has 0 saturated heterocycles. The smallest absolute Gasteiger partial charge is 0.306 e. The highest BCUT2D eigenvalue weighted by molar-refractivity contribution is 7.45. The zero-order valence-electron chi connectivity index (χ0n) is 41.0. The monoisotopic (exact) mass is 904 g/mol. The predicted octanol–water partition coefficient (Wildman–Crippen LogP) is 14.3. The Labute approximate surface area is 387 Å². The van der Waals surface area contributed by atoms with Gasteiger partial charge in [0, 0.05) is 12.8 Å². The molecule has 0 spiro atoms. The number of hydrogen-bond acceptors (Lipinski definition) is 8. The maximum absolute atomic E-state index is 12.7. The summed E-state index contributed by atoms with van der Waals surface area (Å²) in [6.07, 6.45) is 56.5. The van der Waals surface area contributed by atoms with Crippen molar-refractivity contribution in [1.82, 2.24) is 0 Å². The van der Waals surface area contributed by atoms with Crippen LogP contribution < -0.4 is 4.89 Å². The zero-order valence-corrected chi connectivity index (χ0v) is 41.9. The fourth-order valence-corrected chi connectivity index (χ4v) is 7.33. The van der Waals surface area contributed by atoms with Gasteiger partial charge in [-0.2, -0.15) is 0 Å². The molecule has 0 aromatic heterocycles. The minimum absolute atomic E-state index is 0.0346. The molecule has 0 saturated carbocycles. The van der Waals surface area contributed by atoms with Crippen LogP contribution in [0.25, 0.3) is 0 Å². The highest BCUT2D eigenvalue weighted by atomic mass is 31.2. The molecule has 0 N–H and O–H groups in total. The summed E-state index contributed by atoms with van der Waals surface area (Å²) in [5.74, 6) is -0.844. The Balaban J connectivity index is 4.23. The fraction of sp³-hybridized carbons (Fsp3) is 0.736. The Morgan fingerprint density at radius 2 is 0.905 bits per heavy atom. The van der Waals surface area contributed by atoms with E-state index in [0.29, 0.717) is 17.4 Å². The summed E-state index contributed by atoms with van der Waals surface area (Å²) < 4.78 is 34.0. The molecule has 10 heteroatoms. The van der Waals surface area contributed by atoms with Gasteiger partial charge in [-0.15, -0.1) is 0 Å². The van der Waals surface area contributed by atoms with Crippen LogP contribution >= 0.6 is 7.82 Å². The summed E-state index contributed by atoms with van der Waals surface area (Å²) in [5.41, 5.74) is 0. The number of unbranched alkanes of at least 4 members (excludes halogenated alkanes) is 19. The molecule has 0 rings (SSSR count). The molecule has 0 heterocycles. The van der Waals surface area contributed by atoms with Gasteiger partial charge in [0.15, 0.2) is 6.10 Å². The average molecular weight is 904 g/mol. The number of likely N-dealkylation sites (N-methyl/N-ethyl adjacent to an activating group) is 1. The lowest BCUT2D eigenvalue weighted by atomic mass is 10.0. The van der Waals surface area contributed by atoms with Gasteiger partial charge in [-0.05, 0) is 64.2 Å². The summed E-state index contributed by atoms with van der Waals surface area (Å²) in [5, 5.41) is 0. The molecule has 0 fully saturated rings. The molecule has 0 aliphatic heterocycles. The molecule has 0 aromatic carbocycles. The van der Waals surface area contributed by atoms with Crippen molar-refractivity contribution in [3.8, 4) is 0 Å². The maximum atomic E-state index is 12.7. The Morgan fingerprint density at radius 3 is 1.35 bits per heavy atom. The van der Waals surface area contributed by atoms with Crippen molar-refractivity contribution in [3.63, 3.8) is 0 Å². The van der Waals surface area contributed by atoms with Crippen molar-refractivity contribution >= 4 is 19.8 Å². The number of quaternary nitrogens is 1. The first-order valence-corrected chi connectivity index (χ1v) is 26.6. The fourth-order valence-electron chi connectivity index (χ4n) is 6.60. The van der Waals surface area contributed by atoms with Crippen molar-refractivity contribution in [2.45, 2.75) is 206 Å². The molecule has 0 aromatic rings. The molecular weight excluding hydrogens is 810 g/mol. The van der Waals surface area contributed by atoms with E-state index in [2.05, 4.69) is 86.8 Å². The van der Waals surface area contributed by atoms with Crippen molar-refractivity contribution in [2.75, 3.05) is 47.5 Å². The molecule has 0 aliphatic rings. The summed E-state index contributed by atoms with van der Waals surface area (Å²) >= 11 is 0. The third-order valence-electron chi connectivity index (χ3n) is 10.5. The minimum Gasteiger partial charge on any atom is -0.756 e. The number of rotatable bonds is 45. The number of phosphoric ester groups is 1. The molecule has 0 bridgehead atoms. The Morgan fingerprint density at radius 1 is 0.508 bits per heavy atom. The summed E-state index contributed by atoms with van der Waals surface area (Å²) in [6.45, 7) is 4.10. The lowest BCUT2D eigenvalue weighted by Gasteiger charge is -2.28. The number of hydrogen-bond donors (Lipinski definition) is 0. The lowest BCUT2D eigenvalue weighted by Crippen LogP contribution is -2.37. The van der Waals surface area contributed by atoms with Crippen molar-refractivity contribution < 1.29 is 42.1 Å². The number of carbonyl (C=O) groups excluding carboxylic acids is 2. The third-order valence-corrected chi connectivity index (χ3v) is 11.5. The van der Waals surface area contributed by atoms with E-state index >= 15 is 0 Å². The van der Waals surface area contributed by atoms with Crippen LogP contribution in [0.15, 0.2) is 72.9 Å². The van der Waals surface area contributed by atoms with E-state index in [4.69, 9.17) is 18.5 Å². The normalized spacial score (nSPS) is 14.1. The first-order valence-electron chi connectivity index (χ1n) is 25.1. The molecule has 63 heavy (non-hydrogen) atoms. The van der Waals surface area contributed by atoms with Crippen LogP contribution in [0.3, 0.4) is 0 Å². The van der Waals surface area contributed by atoms with Gasteiger partial charge in [0.25, 0.3) is 7.82 Å². The third kappa shape index (κ3) is 48.7. The average Bonchev–Trinajstić information content (AvgIpc) is 3.24. The van der Waals surface area contributed by atoms with Gasteiger partial charge in [-0.25, -0.2) is 0 Å². The zero-order chi connectivity index (χ0) is 46.4. The van der Waals surface area contributed by atoms with Crippen molar-refractivity contribution in [2.24, 2.45) is 0 Å². The molecule has 2 atom stereocenters. The first-order chi connectivity index (χ1) is 30.5. The molecule has 364 valence electrons. The number of nitrogens with zero attached hydrogens (tertiary/aromatic N) is 1. The van der Waals surface area contributed by atoms with Crippen LogP contribution in [-0.4, -0.2) is 70.0 Å². The van der Waals surface area contributed by atoms with E-state index in [1.54, 1.807) is 0 Å². The predicted molar refractivity (Wildman–Crippen MR) is 263 cm³/mol. The largest absolute Gasteiger partial charge is 0.756 e. The van der Waals surface area contributed by atoms with Crippen LogP contribution in [0, 0.1) is 0 Å². The molecule has 2 unspecified atom stereocenters.